The molecule has 0 saturated heterocycles. The maximum Gasteiger partial charge on any atom is 0.135 e. The molecule has 0 fully saturated rings. The molecule has 1 atom stereocenters. The number of nitrogens with two attached hydrogens (primary N) is 1. The van der Waals surface area contributed by atoms with Gasteiger partial charge in [0.15, 0.2) is 0 Å². The Morgan fingerprint density at radius 2 is 2.25 bits per heavy atom. The van der Waals surface area contributed by atoms with Gasteiger partial charge in [0.2, 0.25) is 0 Å². The zero-order valence-corrected chi connectivity index (χ0v) is 9.79. The van der Waals surface area contributed by atoms with Gasteiger partial charge in [-0.05, 0) is 42.9 Å². The molecule has 0 aliphatic rings. The summed E-state index contributed by atoms with van der Waals surface area (Å²) in [7, 11) is 0. The number of aryl methyl sites for hydroxylation is 1. The number of hydrogen-bond acceptors (Lipinski definition) is 2. The molecule has 0 aliphatic heterocycles. The summed E-state index contributed by atoms with van der Waals surface area (Å²) in [5.41, 5.74) is 6.89. The normalized spacial score (nSPS) is 13.3. The van der Waals surface area contributed by atoms with Gasteiger partial charge in [0.1, 0.15) is 5.82 Å². The van der Waals surface area contributed by atoms with Crippen molar-refractivity contribution in [2.45, 2.75) is 33.2 Å². The maximum absolute atomic E-state index is 5.87. The molecule has 1 rings (SSSR count). The lowest BCUT2D eigenvalue weighted by atomic mass is 10.3. The van der Waals surface area contributed by atoms with Crippen molar-refractivity contribution in [3.05, 3.63) is 9.26 Å². The van der Waals surface area contributed by atoms with Gasteiger partial charge in [0, 0.05) is 0 Å². The number of aromatic nitrogens is 2. The van der Waals surface area contributed by atoms with E-state index in [0.717, 1.165) is 21.5 Å². The molecule has 0 aromatic carbocycles. The van der Waals surface area contributed by atoms with Gasteiger partial charge in [-0.15, -0.1) is 0 Å². The van der Waals surface area contributed by atoms with E-state index in [1.165, 1.54) is 0 Å². The van der Waals surface area contributed by atoms with Gasteiger partial charge in [-0.25, -0.2) is 4.68 Å². The van der Waals surface area contributed by atoms with Gasteiger partial charge in [-0.2, -0.15) is 5.10 Å². The second kappa shape index (κ2) is 3.64. The molecular formula is C8H14IN3. The third-order valence-electron chi connectivity index (χ3n) is 2.06. The quantitative estimate of drug-likeness (QED) is 0.844. The summed E-state index contributed by atoms with van der Waals surface area (Å²) in [6.45, 7) is 6.24. The van der Waals surface area contributed by atoms with Crippen LogP contribution >= 0.6 is 22.6 Å². The Bertz CT molecular complexity index is 280. The molecule has 0 saturated carbocycles. The Balaban J connectivity index is 3.08. The molecule has 1 aromatic heterocycles. The number of hydrogen-bond donors (Lipinski definition) is 1. The molecule has 2 N–H and O–H groups in total. The summed E-state index contributed by atoms with van der Waals surface area (Å²) in [6, 6.07) is 0.396. The average Bonchev–Trinajstić information content (AvgIpc) is 2.32. The highest BCUT2D eigenvalue weighted by Crippen LogP contribution is 2.22. The topological polar surface area (TPSA) is 43.8 Å². The highest BCUT2D eigenvalue weighted by Gasteiger charge is 2.12. The first-order valence-electron chi connectivity index (χ1n) is 4.08. The first kappa shape index (κ1) is 9.83. The van der Waals surface area contributed by atoms with E-state index in [2.05, 4.69) is 41.5 Å². The van der Waals surface area contributed by atoms with Crippen LogP contribution in [0.4, 0.5) is 5.82 Å². The lowest BCUT2D eigenvalue weighted by Crippen LogP contribution is -2.09. The monoisotopic (exact) mass is 279 g/mol. The van der Waals surface area contributed by atoms with E-state index in [1.807, 2.05) is 11.6 Å². The summed E-state index contributed by atoms with van der Waals surface area (Å²) in [4.78, 5) is 0. The van der Waals surface area contributed by atoms with E-state index in [-0.39, 0.29) is 0 Å². The zero-order chi connectivity index (χ0) is 9.30. The van der Waals surface area contributed by atoms with Crippen LogP contribution in [0.15, 0.2) is 0 Å². The fraction of sp³-hybridized carbons (Fsp3) is 0.625. The average molecular weight is 279 g/mol. The minimum Gasteiger partial charge on any atom is -0.383 e. The fourth-order valence-electron chi connectivity index (χ4n) is 1.05. The van der Waals surface area contributed by atoms with Crippen molar-refractivity contribution in [3.63, 3.8) is 0 Å². The molecule has 3 nitrogen and oxygen atoms in total. The molecule has 0 radical (unpaired) electrons. The van der Waals surface area contributed by atoms with E-state index in [4.69, 9.17) is 5.73 Å². The second-order valence-electron chi connectivity index (χ2n) is 2.99. The van der Waals surface area contributed by atoms with Crippen LogP contribution in [0, 0.1) is 10.5 Å². The van der Waals surface area contributed by atoms with E-state index >= 15 is 0 Å². The van der Waals surface area contributed by atoms with Crippen LogP contribution in [-0.2, 0) is 0 Å². The second-order valence-corrected chi connectivity index (χ2v) is 4.07. The Morgan fingerprint density at radius 3 is 2.58 bits per heavy atom. The fourth-order valence-corrected chi connectivity index (χ4v) is 1.41. The van der Waals surface area contributed by atoms with Crippen molar-refractivity contribution < 1.29 is 0 Å². The van der Waals surface area contributed by atoms with E-state index in [9.17, 15) is 0 Å². The molecule has 1 aromatic rings. The Morgan fingerprint density at radius 1 is 1.67 bits per heavy atom. The lowest BCUT2D eigenvalue weighted by molar-refractivity contribution is 0.482. The lowest BCUT2D eigenvalue weighted by Gasteiger charge is -2.10. The zero-order valence-electron chi connectivity index (χ0n) is 7.63. The minimum atomic E-state index is 0.396. The molecule has 0 spiro atoms. The van der Waals surface area contributed by atoms with Crippen molar-refractivity contribution >= 4 is 28.4 Å². The van der Waals surface area contributed by atoms with Crippen LogP contribution in [0.1, 0.15) is 32.0 Å². The number of anilines is 1. The molecule has 1 unspecified atom stereocenters. The predicted molar refractivity (Wildman–Crippen MR) is 59.1 cm³/mol. The van der Waals surface area contributed by atoms with Crippen molar-refractivity contribution in [3.8, 4) is 0 Å². The molecule has 0 aliphatic carbocycles. The first-order chi connectivity index (χ1) is 5.57. The summed E-state index contributed by atoms with van der Waals surface area (Å²) in [6.07, 6.45) is 1.06. The Labute approximate surface area is 86.5 Å². The molecule has 4 heteroatoms. The molecule has 68 valence electrons. The molecule has 0 amide bonds. The molecular weight excluding hydrogens is 265 g/mol. The van der Waals surface area contributed by atoms with Crippen molar-refractivity contribution in [1.29, 1.82) is 0 Å². The summed E-state index contributed by atoms with van der Waals surface area (Å²) >= 11 is 2.23. The van der Waals surface area contributed by atoms with Gasteiger partial charge in [-0.1, -0.05) is 6.92 Å². The van der Waals surface area contributed by atoms with Crippen LogP contribution in [0.2, 0.25) is 0 Å². The number of halogens is 1. The number of rotatable bonds is 2. The van der Waals surface area contributed by atoms with Gasteiger partial charge >= 0.3 is 0 Å². The molecule has 12 heavy (non-hydrogen) atoms. The van der Waals surface area contributed by atoms with Crippen molar-refractivity contribution in [1.82, 2.24) is 9.78 Å². The summed E-state index contributed by atoms with van der Waals surface area (Å²) in [5.74, 6) is 0.794. The standard InChI is InChI=1S/C8H14IN3/c1-4-5(2)12-8(10)7(9)6(3)11-12/h5H,4,10H2,1-3H3. The van der Waals surface area contributed by atoms with Crippen molar-refractivity contribution in [2.75, 3.05) is 5.73 Å². The third-order valence-corrected chi connectivity index (χ3v) is 3.39. The van der Waals surface area contributed by atoms with Crippen LogP contribution in [0.25, 0.3) is 0 Å². The summed E-state index contributed by atoms with van der Waals surface area (Å²) < 4.78 is 2.98. The van der Waals surface area contributed by atoms with Crippen LogP contribution in [-0.4, -0.2) is 9.78 Å². The van der Waals surface area contributed by atoms with E-state index in [0.29, 0.717) is 6.04 Å². The Kier molecular flexibility index (Phi) is 2.98. The minimum absolute atomic E-state index is 0.396. The first-order valence-corrected chi connectivity index (χ1v) is 5.15. The SMILES string of the molecule is CCC(C)n1nc(C)c(I)c1N. The van der Waals surface area contributed by atoms with Crippen LogP contribution in [0.5, 0.6) is 0 Å². The van der Waals surface area contributed by atoms with Crippen LogP contribution in [0.3, 0.4) is 0 Å². The van der Waals surface area contributed by atoms with Gasteiger partial charge < -0.3 is 5.73 Å². The highest BCUT2D eigenvalue weighted by atomic mass is 127. The van der Waals surface area contributed by atoms with Crippen molar-refractivity contribution in [2.24, 2.45) is 0 Å². The molecule has 0 bridgehead atoms. The molecule has 1 heterocycles. The number of nitrogens with zero attached hydrogens (tertiary/aromatic N) is 2. The highest BCUT2D eigenvalue weighted by molar-refractivity contribution is 14.1. The van der Waals surface area contributed by atoms with E-state index < -0.39 is 0 Å². The predicted octanol–water partition coefficient (Wildman–Crippen LogP) is 2.35. The van der Waals surface area contributed by atoms with Gasteiger partial charge in [0.05, 0.1) is 15.3 Å². The largest absolute Gasteiger partial charge is 0.383 e. The van der Waals surface area contributed by atoms with E-state index in [1.54, 1.807) is 0 Å². The van der Waals surface area contributed by atoms with Gasteiger partial charge in [0.25, 0.3) is 0 Å². The van der Waals surface area contributed by atoms with Crippen LogP contribution < -0.4 is 5.73 Å². The maximum atomic E-state index is 5.87. The van der Waals surface area contributed by atoms with Gasteiger partial charge in [-0.3, -0.25) is 0 Å². The summed E-state index contributed by atoms with van der Waals surface area (Å²) in [5, 5.41) is 4.36. The number of nitrogen functional groups attached to an aromatic ring is 1. The smallest absolute Gasteiger partial charge is 0.135 e. The third kappa shape index (κ3) is 1.57. The Hall–Kier alpha value is -0.260.